The zero-order chi connectivity index (χ0) is 21.3. The summed E-state index contributed by atoms with van der Waals surface area (Å²) in [6.45, 7) is -0.129. The Balaban J connectivity index is 1.31. The molecule has 1 aliphatic rings. The molecule has 0 saturated heterocycles. The first kappa shape index (κ1) is 21.8. The molecule has 0 radical (unpaired) electrons. The van der Waals surface area contributed by atoms with Crippen LogP contribution in [0, 0.1) is 0 Å². The normalized spacial score (nSPS) is 18.3. The molecule has 0 bridgehead atoms. The number of hydrogen-bond donors (Lipinski definition) is 3. The van der Waals surface area contributed by atoms with E-state index in [1.165, 1.54) is 12.1 Å². The lowest BCUT2D eigenvalue weighted by Gasteiger charge is -2.29. The van der Waals surface area contributed by atoms with Crippen molar-refractivity contribution in [2.45, 2.75) is 37.8 Å². The summed E-state index contributed by atoms with van der Waals surface area (Å²) in [7, 11) is 0. The number of phenolic OH excluding ortho intramolecular Hbond substituents is 1. The molecule has 2 aromatic carbocycles. The van der Waals surface area contributed by atoms with E-state index in [9.17, 15) is 14.7 Å². The van der Waals surface area contributed by atoms with Gasteiger partial charge in [0.05, 0.1) is 0 Å². The maximum absolute atomic E-state index is 12.1. The van der Waals surface area contributed by atoms with Crippen molar-refractivity contribution in [1.82, 2.24) is 10.6 Å². The predicted octanol–water partition coefficient (Wildman–Crippen LogP) is 3.05. The highest BCUT2D eigenvalue weighted by Crippen LogP contribution is 2.20. The summed E-state index contributed by atoms with van der Waals surface area (Å²) in [6.07, 6.45) is 3.15. The predicted molar refractivity (Wildman–Crippen MR) is 113 cm³/mol. The zero-order valence-electron chi connectivity index (χ0n) is 16.5. The van der Waals surface area contributed by atoms with Gasteiger partial charge in [0.15, 0.2) is 13.2 Å². The molecule has 1 fully saturated rings. The Labute approximate surface area is 180 Å². The fourth-order valence-corrected chi connectivity index (χ4v) is 3.42. The standard InChI is InChI=1S/C22H25ClN2O5/c23-15-1-9-19(10-2-15)29-13-21(27)24-16-3-5-17(6-4-16)25-22(28)14-30-20-11-7-18(26)8-12-20/h1-2,7-12,16-17,26H,3-6,13-14H2,(H,24,27)(H,25,28)/t16-,17-. The Hall–Kier alpha value is -2.93. The van der Waals surface area contributed by atoms with Gasteiger partial charge in [0.25, 0.3) is 11.8 Å². The number of ether oxygens (including phenoxy) is 2. The van der Waals surface area contributed by atoms with Crippen molar-refractivity contribution in [3.63, 3.8) is 0 Å². The first-order valence-corrected chi connectivity index (χ1v) is 10.2. The SMILES string of the molecule is O=C(COc1ccc(O)cc1)N[C@H]1CC[C@H](NC(=O)COc2ccc(Cl)cc2)CC1. The molecule has 1 aliphatic carbocycles. The number of halogens is 1. The minimum absolute atomic E-state index is 0.0487. The third-order valence-corrected chi connectivity index (χ3v) is 5.10. The summed E-state index contributed by atoms with van der Waals surface area (Å²) in [4.78, 5) is 24.2. The van der Waals surface area contributed by atoms with Crippen LogP contribution >= 0.6 is 11.6 Å². The van der Waals surface area contributed by atoms with Crippen molar-refractivity contribution in [3.05, 3.63) is 53.6 Å². The fourth-order valence-electron chi connectivity index (χ4n) is 3.29. The van der Waals surface area contributed by atoms with E-state index in [0.717, 1.165) is 25.7 Å². The second-order valence-corrected chi connectivity index (χ2v) is 7.65. The molecule has 0 spiro atoms. The van der Waals surface area contributed by atoms with Crippen molar-refractivity contribution in [1.29, 1.82) is 0 Å². The van der Waals surface area contributed by atoms with Crippen molar-refractivity contribution in [3.8, 4) is 17.2 Å². The lowest BCUT2D eigenvalue weighted by Crippen LogP contribution is -2.45. The Bertz CT molecular complexity index is 762. The van der Waals surface area contributed by atoms with Gasteiger partial charge in [-0.2, -0.15) is 0 Å². The van der Waals surface area contributed by atoms with Crippen LogP contribution in [-0.2, 0) is 9.59 Å². The molecule has 2 aromatic rings. The number of amides is 2. The van der Waals surface area contributed by atoms with Gasteiger partial charge < -0.3 is 25.2 Å². The van der Waals surface area contributed by atoms with Crippen molar-refractivity contribution >= 4 is 23.4 Å². The minimum atomic E-state index is -0.188. The summed E-state index contributed by atoms with van der Waals surface area (Å²) in [5.41, 5.74) is 0. The summed E-state index contributed by atoms with van der Waals surface area (Å²) >= 11 is 5.82. The van der Waals surface area contributed by atoms with Gasteiger partial charge in [-0.1, -0.05) is 11.6 Å². The molecule has 0 aliphatic heterocycles. The first-order valence-electron chi connectivity index (χ1n) is 9.87. The Morgan fingerprint density at radius 3 is 1.63 bits per heavy atom. The van der Waals surface area contributed by atoms with Gasteiger partial charge in [0, 0.05) is 17.1 Å². The van der Waals surface area contributed by atoms with Crippen LogP contribution < -0.4 is 20.1 Å². The summed E-state index contributed by atoms with van der Waals surface area (Å²) in [6, 6.07) is 13.2. The molecule has 0 unspecified atom stereocenters. The van der Waals surface area contributed by atoms with E-state index in [1.54, 1.807) is 36.4 Å². The van der Waals surface area contributed by atoms with E-state index < -0.39 is 0 Å². The largest absolute Gasteiger partial charge is 0.508 e. The molecule has 8 heteroatoms. The molecule has 0 heterocycles. The quantitative estimate of drug-likeness (QED) is 0.595. The van der Waals surface area contributed by atoms with Gasteiger partial charge in [-0.3, -0.25) is 9.59 Å². The van der Waals surface area contributed by atoms with Crippen LogP contribution in [0.5, 0.6) is 17.2 Å². The van der Waals surface area contributed by atoms with E-state index in [0.29, 0.717) is 16.5 Å². The molecule has 7 nitrogen and oxygen atoms in total. The van der Waals surface area contributed by atoms with E-state index >= 15 is 0 Å². The zero-order valence-corrected chi connectivity index (χ0v) is 17.2. The van der Waals surface area contributed by atoms with Crippen LogP contribution in [-0.4, -0.2) is 42.2 Å². The van der Waals surface area contributed by atoms with Crippen molar-refractivity contribution < 1.29 is 24.2 Å². The van der Waals surface area contributed by atoms with Crippen LogP contribution in [0.25, 0.3) is 0 Å². The third kappa shape index (κ3) is 7.15. The van der Waals surface area contributed by atoms with Crippen LogP contribution in [0.3, 0.4) is 0 Å². The molecule has 160 valence electrons. The topological polar surface area (TPSA) is 96.9 Å². The van der Waals surface area contributed by atoms with Crippen molar-refractivity contribution in [2.24, 2.45) is 0 Å². The van der Waals surface area contributed by atoms with Crippen LogP contribution in [0.15, 0.2) is 48.5 Å². The van der Waals surface area contributed by atoms with Crippen LogP contribution in [0.4, 0.5) is 0 Å². The summed E-state index contributed by atoms with van der Waals surface area (Å²) in [5, 5.41) is 15.8. The van der Waals surface area contributed by atoms with Crippen LogP contribution in [0.1, 0.15) is 25.7 Å². The molecule has 30 heavy (non-hydrogen) atoms. The smallest absolute Gasteiger partial charge is 0.258 e. The lowest BCUT2D eigenvalue weighted by molar-refractivity contribution is -0.125. The molecule has 3 rings (SSSR count). The lowest BCUT2D eigenvalue weighted by atomic mass is 9.91. The van der Waals surface area contributed by atoms with E-state index in [2.05, 4.69) is 10.6 Å². The van der Waals surface area contributed by atoms with E-state index in [1.807, 2.05) is 0 Å². The number of hydrogen-bond acceptors (Lipinski definition) is 5. The average Bonchev–Trinajstić information content (AvgIpc) is 2.74. The molecular formula is C22H25ClN2O5. The number of rotatable bonds is 8. The van der Waals surface area contributed by atoms with Gasteiger partial charge in [-0.15, -0.1) is 0 Å². The molecule has 0 aromatic heterocycles. The highest BCUT2D eigenvalue weighted by molar-refractivity contribution is 6.30. The number of benzene rings is 2. The van der Waals surface area contributed by atoms with Gasteiger partial charge in [0.1, 0.15) is 17.2 Å². The Morgan fingerprint density at radius 2 is 1.20 bits per heavy atom. The number of carbonyl (C=O) groups is 2. The summed E-state index contributed by atoms with van der Waals surface area (Å²) in [5.74, 6) is 0.907. The highest BCUT2D eigenvalue weighted by atomic mass is 35.5. The number of phenols is 1. The average molecular weight is 433 g/mol. The number of nitrogens with one attached hydrogen (secondary N) is 2. The second-order valence-electron chi connectivity index (χ2n) is 7.21. The number of carbonyl (C=O) groups excluding carboxylic acids is 2. The second kappa shape index (κ2) is 10.7. The van der Waals surface area contributed by atoms with Crippen LogP contribution in [0.2, 0.25) is 5.02 Å². The first-order chi connectivity index (χ1) is 14.5. The van der Waals surface area contributed by atoms with Gasteiger partial charge in [0.2, 0.25) is 0 Å². The van der Waals surface area contributed by atoms with E-state index in [-0.39, 0.29) is 42.9 Å². The van der Waals surface area contributed by atoms with Gasteiger partial charge >= 0.3 is 0 Å². The maximum atomic E-state index is 12.1. The molecule has 1 saturated carbocycles. The van der Waals surface area contributed by atoms with Gasteiger partial charge in [-0.05, 0) is 74.2 Å². The molecular weight excluding hydrogens is 408 g/mol. The monoisotopic (exact) mass is 432 g/mol. The minimum Gasteiger partial charge on any atom is -0.508 e. The van der Waals surface area contributed by atoms with Gasteiger partial charge in [-0.25, -0.2) is 0 Å². The summed E-state index contributed by atoms with van der Waals surface area (Å²) < 4.78 is 10.9. The highest BCUT2D eigenvalue weighted by Gasteiger charge is 2.23. The van der Waals surface area contributed by atoms with Crippen molar-refractivity contribution in [2.75, 3.05) is 13.2 Å². The fraction of sp³-hybridized carbons (Fsp3) is 0.364. The molecule has 2 amide bonds. The molecule has 3 N–H and O–H groups in total. The third-order valence-electron chi connectivity index (χ3n) is 4.85. The Kier molecular flexibility index (Phi) is 7.79. The molecule has 0 atom stereocenters. The Morgan fingerprint density at radius 1 is 0.800 bits per heavy atom. The number of aromatic hydroxyl groups is 1. The van der Waals surface area contributed by atoms with E-state index in [4.69, 9.17) is 21.1 Å². The maximum Gasteiger partial charge on any atom is 0.258 e.